The van der Waals surface area contributed by atoms with Gasteiger partial charge in [-0.2, -0.15) is 0 Å². The van der Waals surface area contributed by atoms with Crippen LogP contribution in [0.5, 0.6) is 0 Å². The summed E-state index contributed by atoms with van der Waals surface area (Å²) < 4.78 is 15.6. The van der Waals surface area contributed by atoms with E-state index >= 15 is 0 Å². The summed E-state index contributed by atoms with van der Waals surface area (Å²) >= 11 is 0. The molecule has 2 aromatic carbocycles. The van der Waals surface area contributed by atoms with Crippen molar-refractivity contribution < 1.29 is 28.6 Å². The molecule has 0 bridgehead atoms. The van der Waals surface area contributed by atoms with Crippen molar-refractivity contribution in [2.45, 2.75) is 52.4 Å². The molecule has 0 heterocycles. The van der Waals surface area contributed by atoms with Crippen molar-refractivity contribution in [3.8, 4) is 0 Å². The van der Waals surface area contributed by atoms with E-state index in [1.54, 1.807) is 33.8 Å². The zero-order chi connectivity index (χ0) is 24.3. The minimum Gasteiger partial charge on any atom is -0.463 e. The third kappa shape index (κ3) is 10.0. The summed E-state index contributed by atoms with van der Waals surface area (Å²) in [7, 11) is 0. The van der Waals surface area contributed by atoms with Crippen molar-refractivity contribution in [1.82, 2.24) is 5.32 Å². The Morgan fingerprint density at radius 2 is 1.61 bits per heavy atom. The second-order valence-electron chi connectivity index (χ2n) is 8.32. The Morgan fingerprint density at radius 3 is 2.21 bits per heavy atom. The maximum atomic E-state index is 12.8. The normalized spacial score (nSPS) is 12.1. The summed E-state index contributed by atoms with van der Waals surface area (Å²) in [5.41, 5.74) is 1.76. The SMILES string of the molecule is CCOC(=O)C=Cc1ccc(CC(NC(=O)OC(C)(C)C)C(=O)OCc2ccccc2)cc1. The van der Waals surface area contributed by atoms with Crippen LogP contribution >= 0.6 is 0 Å². The van der Waals surface area contributed by atoms with Crippen LogP contribution in [0.2, 0.25) is 0 Å². The Hall–Kier alpha value is -3.61. The molecule has 1 atom stereocenters. The van der Waals surface area contributed by atoms with E-state index in [4.69, 9.17) is 14.2 Å². The van der Waals surface area contributed by atoms with Crippen LogP contribution in [0.3, 0.4) is 0 Å². The highest BCUT2D eigenvalue weighted by molar-refractivity contribution is 5.87. The van der Waals surface area contributed by atoms with Gasteiger partial charge < -0.3 is 19.5 Å². The molecule has 176 valence electrons. The van der Waals surface area contributed by atoms with E-state index in [9.17, 15) is 14.4 Å². The van der Waals surface area contributed by atoms with Gasteiger partial charge in [-0.3, -0.25) is 0 Å². The first-order valence-corrected chi connectivity index (χ1v) is 10.8. The van der Waals surface area contributed by atoms with Crippen molar-refractivity contribution in [3.05, 3.63) is 77.4 Å². The van der Waals surface area contributed by atoms with E-state index in [0.717, 1.165) is 16.7 Å². The molecule has 1 amide bonds. The van der Waals surface area contributed by atoms with Crippen LogP contribution in [-0.4, -0.2) is 36.3 Å². The minimum absolute atomic E-state index is 0.101. The fourth-order valence-corrected chi connectivity index (χ4v) is 2.83. The van der Waals surface area contributed by atoms with E-state index in [1.807, 2.05) is 54.6 Å². The zero-order valence-electron chi connectivity index (χ0n) is 19.5. The lowest BCUT2D eigenvalue weighted by Crippen LogP contribution is -2.45. The number of nitrogens with one attached hydrogen (secondary N) is 1. The quantitative estimate of drug-likeness (QED) is 0.343. The molecule has 33 heavy (non-hydrogen) atoms. The second-order valence-corrected chi connectivity index (χ2v) is 8.32. The number of benzene rings is 2. The van der Waals surface area contributed by atoms with E-state index in [1.165, 1.54) is 6.08 Å². The Kier molecular flexibility index (Phi) is 9.66. The number of carbonyl (C=O) groups is 3. The molecule has 7 nitrogen and oxygen atoms in total. The Bertz CT molecular complexity index is 945. The predicted octanol–water partition coefficient (Wildman–Crippen LogP) is 4.44. The molecule has 0 saturated heterocycles. The van der Waals surface area contributed by atoms with Gasteiger partial charge in [-0.25, -0.2) is 14.4 Å². The van der Waals surface area contributed by atoms with Gasteiger partial charge in [0.25, 0.3) is 0 Å². The first-order valence-electron chi connectivity index (χ1n) is 10.8. The maximum Gasteiger partial charge on any atom is 0.408 e. The number of carbonyl (C=O) groups excluding carboxylic acids is 3. The first kappa shape index (κ1) is 25.6. The molecule has 0 aromatic heterocycles. The molecule has 0 radical (unpaired) electrons. The lowest BCUT2D eigenvalue weighted by molar-refractivity contribution is -0.147. The molecule has 7 heteroatoms. The topological polar surface area (TPSA) is 90.9 Å². The fraction of sp³-hybridized carbons (Fsp3) is 0.346. The second kappa shape index (κ2) is 12.4. The molecule has 1 unspecified atom stereocenters. The molecule has 0 spiro atoms. The van der Waals surface area contributed by atoms with Crippen molar-refractivity contribution >= 4 is 24.1 Å². The van der Waals surface area contributed by atoms with Gasteiger partial charge in [0.2, 0.25) is 0 Å². The molecular weight excluding hydrogens is 422 g/mol. The van der Waals surface area contributed by atoms with Gasteiger partial charge in [-0.05, 0) is 50.5 Å². The van der Waals surface area contributed by atoms with Crippen LogP contribution in [-0.2, 0) is 36.8 Å². The molecule has 2 rings (SSSR count). The number of hydrogen-bond acceptors (Lipinski definition) is 6. The average molecular weight is 454 g/mol. The van der Waals surface area contributed by atoms with Crippen molar-refractivity contribution in [2.75, 3.05) is 6.61 Å². The molecule has 0 aliphatic carbocycles. The van der Waals surface area contributed by atoms with Gasteiger partial charge in [0.1, 0.15) is 18.2 Å². The lowest BCUT2D eigenvalue weighted by Gasteiger charge is -2.23. The summed E-state index contributed by atoms with van der Waals surface area (Å²) in [6, 6.07) is 15.6. The van der Waals surface area contributed by atoms with Crippen LogP contribution < -0.4 is 5.32 Å². The average Bonchev–Trinajstić information content (AvgIpc) is 2.76. The van der Waals surface area contributed by atoms with E-state index in [0.29, 0.717) is 6.61 Å². The summed E-state index contributed by atoms with van der Waals surface area (Å²) in [4.78, 5) is 36.5. The largest absolute Gasteiger partial charge is 0.463 e. The number of rotatable bonds is 9. The van der Waals surface area contributed by atoms with Gasteiger partial charge in [-0.1, -0.05) is 54.6 Å². The third-order valence-electron chi connectivity index (χ3n) is 4.32. The maximum absolute atomic E-state index is 12.8. The van der Waals surface area contributed by atoms with Crippen LogP contribution in [0.1, 0.15) is 44.4 Å². The summed E-state index contributed by atoms with van der Waals surface area (Å²) in [5.74, 6) is -0.972. The standard InChI is InChI=1S/C26H31NO6/c1-5-31-23(28)16-15-19-11-13-20(14-12-19)17-22(27-25(30)33-26(2,3)4)24(29)32-18-21-9-7-6-8-10-21/h6-16,22H,5,17-18H2,1-4H3,(H,27,30). The van der Waals surface area contributed by atoms with E-state index in [2.05, 4.69) is 5.32 Å². The van der Waals surface area contributed by atoms with Gasteiger partial charge in [0.15, 0.2) is 0 Å². The van der Waals surface area contributed by atoms with Crippen LogP contribution in [0.4, 0.5) is 4.79 Å². The summed E-state index contributed by atoms with van der Waals surface area (Å²) in [6.45, 7) is 7.40. The van der Waals surface area contributed by atoms with Gasteiger partial charge in [0.05, 0.1) is 6.61 Å². The smallest absolute Gasteiger partial charge is 0.408 e. The van der Waals surface area contributed by atoms with E-state index < -0.39 is 29.7 Å². The van der Waals surface area contributed by atoms with Gasteiger partial charge in [-0.15, -0.1) is 0 Å². The number of amides is 1. The van der Waals surface area contributed by atoms with Crippen molar-refractivity contribution in [1.29, 1.82) is 0 Å². The van der Waals surface area contributed by atoms with E-state index in [-0.39, 0.29) is 13.0 Å². The number of hydrogen-bond donors (Lipinski definition) is 1. The molecule has 0 aliphatic heterocycles. The molecular formula is C26H31NO6. The highest BCUT2D eigenvalue weighted by Crippen LogP contribution is 2.12. The molecule has 0 aliphatic rings. The number of alkyl carbamates (subject to hydrolysis) is 1. The van der Waals surface area contributed by atoms with Crippen molar-refractivity contribution in [3.63, 3.8) is 0 Å². The van der Waals surface area contributed by atoms with Crippen LogP contribution in [0.15, 0.2) is 60.7 Å². The minimum atomic E-state index is -0.926. The monoisotopic (exact) mass is 453 g/mol. The Morgan fingerprint density at radius 1 is 0.939 bits per heavy atom. The third-order valence-corrected chi connectivity index (χ3v) is 4.32. The molecule has 2 aromatic rings. The molecule has 0 saturated carbocycles. The number of esters is 2. The molecule has 0 fully saturated rings. The number of ether oxygens (including phenoxy) is 3. The highest BCUT2D eigenvalue weighted by Gasteiger charge is 2.26. The van der Waals surface area contributed by atoms with Crippen LogP contribution in [0, 0.1) is 0 Å². The van der Waals surface area contributed by atoms with Gasteiger partial charge in [0, 0.05) is 12.5 Å². The Balaban J connectivity index is 2.07. The van der Waals surface area contributed by atoms with Crippen LogP contribution in [0.25, 0.3) is 6.08 Å². The molecule has 1 N–H and O–H groups in total. The zero-order valence-corrected chi connectivity index (χ0v) is 19.5. The summed E-state index contributed by atoms with van der Waals surface area (Å²) in [5, 5.41) is 2.62. The van der Waals surface area contributed by atoms with Gasteiger partial charge >= 0.3 is 18.0 Å². The Labute approximate surface area is 194 Å². The summed E-state index contributed by atoms with van der Waals surface area (Å²) in [6.07, 6.45) is 2.52. The van der Waals surface area contributed by atoms with Crippen molar-refractivity contribution in [2.24, 2.45) is 0 Å². The lowest BCUT2D eigenvalue weighted by atomic mass is 10.0. The fourth-order valence-electron chi connectivity index (χ4n) is 2.83. The first-order chi connectivity index (χ1) is 15.7. The predicted molar refractivity (Wildman–Crippen MR) is 125 cm³/mol. The highest BCUT2D eigenvalue weighted by atomic mass is 16.6.